The Kier molecular flexibility index (Phi) is 6.24. The van der Waals surface area contributed by atoms with Crippen molar-refractivity contribution in [1.29, 1.82) is 0 Å². The summed E-state index contributed by atoms with van der Waals surface area (Å²) >= 11 is 0.999. The molecule has 5 nitrogen and oxygen atoms in total. The number of hydrogen-bond acceptors (Lipinski definition) is 4. The first kappa shape index (κ1) is 22.7. The second-order valence-corrected chi connectivity index (χ2v) is 8.53. The number of benzene rings is 1. The van der Waals surface area contributed by atoms with E-state index in [2.05, 4.69) is 4.98 Å². The topological polar surface area (TPSA) is 75.7 Å². The van der Waals surface area contributed by atoms with E-state index < -0.39 is 38.4 Å². The van der Waals surface area contributed by atoms with Crippen LogP contribution in [-0.2, 0) is 35.3 Å². The largest absolute Gasteiger partial charge is 0.416 e. The van der Waals surface area contributed by atoms with Crippen LogP contribution in [-0.4, -0.2) is 19.9 Å². The van der Waals surface area contributed by atoms with Gasteiger partial charge in [0.05, 0.1) is 33.1 Å². The Bertz CT molecular complexity index is 917. The molecule has 1 aromatic heterocycles. The number of rotatable bonds is 3. The van der Waals surface area contributed by atoms with Gasteiger partial charge in [0, 0.05) is 6.42 Å². The number of fused-ring (bicyclic) bond motifs is 1. The lowest BCUT2D eigenvalue weighted by atomic mass is 10.1. The van der Waals surface area contributed by atoms with Gasteiger partial charge in [0.25, 0.3) is 10.0 Å². The molecule has 2 aromatic rings. The Morgan fingerprint density at radius 2 is 1.61 bits per heavy atom. The number of aromatic nitrogens is 1. The highest BCUT2D eigenvalue weighted by Crippen LogP contribution is 2.37. The Hall–Kier alpha value is -1.57. The highest BCUT2D eigenvalue weighted by atomic mass is 35.5. The summed E-state index contributed by atoms with van der Waals surface area (Å²) in [5.74, 6) is 0. The average Bonchev–Trinajstić information content (AvgIpc) is 2.94. The lowest BCUT2D eigenvalue weighted by Crippen LogP contribution is -2.84. The van der Waals surface area contributed by atoms with E-state index in [1.807, 2.05) is 10.0 Å². The van der Waals surface area contributed by atoms with Crippen molar-refractivity contribution < 1.29 is 40.1 Å². The lowest BCUT2D eigenvalue weighted by molar-refractivity contribution is -0.673. The van der Waals surface area contributed by atoms with Gasteiger partial charge in [-0.3, -0.25) is 4.72 Å². The predicted octanol–water partition coefficient (Wildman–Crippen LogP) is 3.02. The first-order valence-corrected chi connectivity index (χ1v) is 9.79. The van der Waals surface area contributed by atoms with Gasteiger partial charge in [0.15, 0.2) is 5.13 Å². The highest BCUT2D eigenvalue weighted by molar-refractivity contribution is 7.93. The number of nitrogens with zero attached hydrogens (tertiary/aromatic N) is 1. The molecule has 2 heterocycles. The molecule has 0 radical (unpaired) electrons. The van der Waals surface area contributed by atoms with E-state index in [0.29, 0.717) is 18.7 Å². The van der Waals surface area contributed by atoms with Crippen molar-refractivity contribution in [3.8, 4) is 0 Å². The molecule has 0 unspecified atom stereocenters. The number of sulfonamides is 1. The second-order valence-electron chi connectivity index (χ2n) is 5.77. The molecule has 1 aliphatic rings. The van der Waals surface area contributed by atoms with Crippen molar-refractivity contribution in [2.24, 2.45) is 0 Å². The van der Waals surface area contributed by atoms with Crippen LogP contribution in [0, 0.1) is 0 Å². The second kappa shape index (κ2) is 7.69. The van der Waals surface area contributed by atoms with E-state index in [1.54, 1.807) is 0 Å². The van der Waals surface area contributed by atoms with Gasteiger partial charge in [0.2, 0.25) is 0 Å². The SMILES string of the molecule is Cl.O=S(=O)(Nc1nc2c(s1)C[NH2+]CC2)c1cc(C(F)(F)F)cc(C(F)(F)F)c1. The van der Waals surface area contributed by atoms with Crippen LogP contribution >= 0.6 is 23.7 Å². The molecular weight excluding hydrogens is 456 g/mol. The molecule has 1 aliphatic heterocycles. The van der Waals surface area contributed by atoms with Gasteiger partial charge in [-0.2, -0.15) is 26.3 Å². The van der Waals surface area contributed by atoms with Crippen LogP contribution in [0.1, 0.15) is 21.7 Å². The first-order chi connectivity index (χ1) is 12.4. The summed E-state index contributed by atoms with van der Waals surface area (Å²) in [6.45, 7) is 1.34. The molecule has 0 amide bonds. The Balaban J connectivity index is 0.00000280. The minimum Gasteiger partial charge on any atom is -0.341 e. The summed E-state index contributed by atoms with van der Waals surface area (Å²) < 4.78 is 104. The molecule has 3 N–H and O–H groups in total. The highest BCUT2D eigenvalue weighted by Gasteiger charge is 2.38. The third-order valence-corrected chi connectivity index (χ3v) is 6.27. The molecule has 1 aromatic carbocycles. The molecule has 156 valence electrons. The standard InChI is InChI=1S/C14H11F6N3O2S2.ClH/c15-13(16,17)7-3-8(14(18,19)20)5-9(4-7)27(24,25)23-12-22-10-1-2-21-6-11(10)26-12;/h3-5,21H,1-2,6H2,(H,22,23);1H/p+1. The molecular formula is C14H13ClF6N3O2S2+. The van der Waals surface area contributed by atoms with E-state index in [4.69, 9.17) is 0 Å². The molecule has 14 heteroatoms. The summed E-state index contributed by atoms with van der Waals surface area (Å²) in [6, 6.07) is 0.203. The van der Waals surface area contributed by atoms with E-state index in [1.165, 1.54) is 0 Å². The Labute approximate surface area is 165 Å². The summed E-state index contributed by atoms with van der Waals surface area (Å²) in [4.78, 5) is 3.74. The smallest absolute Gasteiger partial charge is 0.341 e. The van der Waals surface area contributed by atoms with Crippen molar-refractivity contribution in [2.75, 3.05) is 11.3 Å². The molecule has 0 spiro atoms. The van der Waals surface area contributed by atoms with Gasteiger partial charge < -0.3 is 5.32 Å². The van der Waals surface area contributed by atoms with Crippen LogP contribution in [0.2, 0.25) is 0 Å². The monoisotopic (exact) mass is 468 g/mol. The zero-order valence-corrected chi connectivity index (χ0v) is 16.1. The first-order valence-electron chi connectivity index (χ1n) is 7.49. The fourth-order valence-electron chi connectivity index (χ4n) is 2.51. The van der Waals surface area contributed by atoms with E-state index in [9.17, 15) is 34.8 Å². The van der Waals surface area contributed by atoms with Crippen LogP contribution in [0.15, 0.2) is 23.1 Å². The van der Waals surface area contributed by atoms with Crippen LogP contribution in [0.5, 0.6) is 0 Å². The maximum absolute atomic E-state index is 12.9. The van der Waals surface area contributed by atoms with Gasteiger partial charge in [-0.25, -0.2) is 13.4 Å². The maximum Gasteiger partial charge on any atom is 0.416 e. The average molecular weight is 469 g/mol. The molecule has 3 rings (SSSR count). The van der Waals surface area contributed by atoms with Gasteiger partial charge in [-0.1, -0.05) is 11.3 Å². The van der Waals surface area contributed by atoms with Crippen LogP contribution in [0.25, 0.3) is 0 Å². The number of anilines is 1. The number of halogens is 7. The zero-order valence-electron chi connectivity index (χ0n) is 13.7. The minimum atomic E-state index is -5.14. The number of quaternary nitrogens is 1. The van der Waals surface area contributed by atoms with Gasteiger partial charge in [-0.05, 0) is 18.2 Å². The summed E-state index contributed by atoms with van der Waals surface area (Å²) in [7, 11) is -4.69. The normalized spacial score (nSPS) is 14.9. The van der Waals surface area contributed by atoms with Crippen LogP contribution in [0.4, 0.5) is 31.5 Å². The number of nitrogens with two attached hydrogens (primary N) is 1. The third-order valence-electron chi connectivity index (χ3n) is 3.79. The Morgan fingerprint density at radius 1 is 1.04 bits per heavy atom. The molecule has 0 aliphatic carbocycles. The van der Waals surface area contributed by atoms with Crippen molar-refractivity contribution in [2.45, 2.75) is 30.2 Å². The van der Waals surface area contributed by atoms with Crippen LogP contribution < -0.4 is 10.0 Å². The van der Waals surface area contributed by atoms with E-state index in [0.717, 1.165) is 22.8 Å². The predicted molar refractivity (Wildman–Crippen MR) is 90.8 cm³/mol. The van der Waals surface area contributed by atoms with Crippen molar-refractivity contribution in [3.05, 3.63) is 39.9 Å². The maximum atomic E-state index is 12.9. The van der Waals surface area contributed by atoms with E-state index >= 15 is 0 Å². The third kappa shape index (κ3) is 4.88. The summed E-state index contributed by atoms with van der Waals surface area (Å²) in [5.41, 5.74) is -2.74. The van der Waals surface area contributed by atoms with Crippen molar-refractivity contribution in [1.82, 2.24) is 4.98 Å². The molecule has 0 saturated carbocycles. The number of hydrogen-bond donors (Lipinski definition) is 2. The number of nitrogens with one attached hydrogen (secondary N) is 1. The van der Waals surface area contributed by atoms with Crippen LogP contribution in [0.3, 0.4) is 0 Å². The summed E-state index contributed by atoms with van der Waals surface area (Å²) in [6.07, 6.45) is -9.68. The van der Waals surface area contributed by atoms with Gasteiger partial charge in [-0.15, -0.1) is 12.4 Å². The van der Waals surface area contributed by atoms with Crippen molar-refractivity contribution >= 4 is 38.9 Å². The lowest BCUT2D eigenvalue weighted by Gasteiger charge is -2.14. The molecule has 0 bridgehead atoms. The van der Waals surface area contributed by atoms with E-state index in [-0.39, 0.29) is 35.7 Å². The van der Waals surface area contributed by atoms with Gasteiger partial charge in [0.1, 0.15) is 6.54 Å². The summed E-state index contributed by atoms with van der Waals surface area (Å²) in [5, 5.41) is 1.88. The number of thiazole rings is 1. The molecule has 28 heavy (non-hydrogen) atoms. The fourth-order valence-corrected chi connectivity index (χ4v) is 4.82. The minimum absolute atomic E-state index is 0. The zero-order chi connectivity index (χ0) is 20.0. The molecule has 0 saturated heterocycles. The molecule has 0 fully saturated rings. The quantitative estimate of drug-likeness (QED) is 0.680. The van der Waals surface area contributed by atoms with Crippen molar-refractivity contribution in [3.63, 3.8) is 0 Å². The fraction of sp³-hybridized carbons (Fsp3) is 0.357. The number of alkyl halides is 6. The molecule has 0 atom stereocenters. The van der Waals surface area contributed by atoms with Gasteiger partial charge >= 0.3 is 12.4 Å². The Morgan fingerprint density at radius 3 is 2.11 bits per heavy atom.